The van der Waals surface area contributed by atoms with E-state index >= 15 is 0 Å². The Balaban J connectivity index is 2.62. The zero-order valence-electron chi connectivity index (χ0n) is 10.4. The van der Waals surface area contributed by atoms with Crippen LogP contribution in [0, 0.1) is 0 Å². The molecule has 0 aliphatic rings. The molecule has 0 amide bonds. The first-order chi connectivity index (χ1) is 9.27. The van der Waals surface area contributed by atoms with Gasteiger partial charge in [-0.1, -0.05) is 37.4 Å². The second-order valence-corrected chi connectivity index (χ2v) is 3.74. The number of hydrogen-bond acceptors (Lipinski definition) is 4. The molecule has 0 aliphatic heterocycles. The van der Waals surface area contributed by atoms with Gasteiger partial charge in [0.15, 0.2) is 5.75 Å². The average molecular weight is 258 g/mol. The largest absolute Gasteiger partial charge is 0.485 e. The van der Waals surface area contributed by atoms with E-state index in [1.54, 1.807) is 30.4 Å². The van der Waals surface area contributed by atoms with E-state index in [0.29, 0.717) is 16.7 Å². The minimum Gasteiger partial charge on any atom is -0.485 e. The van der Waals surface area contributed by atoms with Crippen LogP contribution >= 0.6 is 0 Å². The summed E-state index contributed by atoms with van der Waals surface area (Å²) in [6.45, 7) is 7.61. The molecule has 1 heterocycles. The van der Waals surface area contributed by atoms with Crippen LogP contribution in [0.2, 0.25) is 0 Å². The van der Waals surface area contributed by atoms with E-state index in [2.05, 4.69) is 13.2 Å². The van der Waals surface area contributed by atoms with Crippen molar-refractivity contribution in [2.24, 2.45) is 0 Å². The van der Waals surface area contributed by atoms with Crippen LogP contribution in [-0.2, 0) is 0 Å². The first-order valence-electron chi connectivity index (χ1n) is 5.81. The number of para-hydroxylation sites is 1. The number of benzene rings is 1. The molecule has 0 spiro atoms. The molecular formula is C15H14O4. The maximum Gasteiger partial charge on any atom is 0.383 e. The van der Waals surface area contributed by atoms with Gasteiger partial charge < -0.3 is 13.9 Å². The molecule has 0 unspecified atom stereocenters. The van der Waals surface area contributed by atoms with Gasteiger partial charge in [0.2, 0.25) is 5.75 Å². The van der Waals surface area contributed by atoms with Crippen LogP contribution in [0.4, 0.5) is 0 Å². The lowest BCUT2D eigenvalue weighted by molar-refractivity contribution is 0.296. The second kappa shape index (κ2) is 5.91. The minimum atomic E-state index is -0.570. The van der Waals surface area contributed by atoms with Crippen molar-refractivity contribution < 1.29 is 13.9 Å². The zero-order chi connectivity index (χ0) is 13.7. The third-order valence-corrected chi connectivity index (χ3v) is 2.42. The Kier molecular flexibility index (Phi) is 4.03. The van der Waals surface area contributed by atoms with Crippen molar-refractivity contribution in [1.82, 2.24) is 0 Å². The van der Waals surface area contributed by atoms with Gasteiger partial charge >= 0.3 is 5.63 Å². The molecule has 4 nitrogen and oxygen atoms in total. The Morgan fingerprint density at radius 3 is 2.37 bits per heavy atom. The summed E-state index contributed by atoms with van der Waals surface area (Å²) in [5.74, 6) is 0.425. The maximum absolute atomic E-state index is 11.9. The van der Waals surface area contributed by atoms with E-state index in [9.17, 15) is 4.79 Å². The lowest BCUT2D eigenvalue weighted by Crippen LogP contribution is -2.10. The molecule has 2 aromatic rings. The zero-order valence-corrected chi connectivity index (χ0v) is 10.4. The van der Waals surface area contributed by atoms with Gasteiger partial charge in [0.05, 0.1) is 5.39 Å². The van der Waals surface area contributed by atoms with Gasteiger partial charge in [-0.25, -0.2) is 4.79 Å². The van der Waals surface area contributed by atoms with Crippen LogP contribution in [-0.4, -0.2) is 13.2 Å². The molecular weight excluding hydrogens is 244 g/mol. The third-order valence-electron chi connectivity index (χ3n) is 2.42. The fraction of sp³-hybridized carbons (Fsp3) is 0.133. The summed E-state index contributed by atoms with van der Waals surface area (Å²) in [7, 11) is 0. The van der Waals surface area contributed by atoms with Gasteiger partial charge in [0.1, 0.15) is 18.8 Å². The van der Waals surface area contributed by atoms with Gasteiger partial charge in [0.25, 0.3) is 0 Å². The SMILES string of the molecule is C=CCOc1c(OCC=C)c2ccccc2oc1=O. The molecule has 1 aromatic heterocycles. The highest BCUT2D eigenvalue weighted by atomic mass is 16.5. The molecule has 0 atom stereocenters. The molecule has 1 aromatic carbocycles. The highest BCUT2D eigenvalue weighted by Gasteiger charge is 2.16. The van der Waals surface area contributed by atoms with Gasteiger partial charge in [-0.3, -0.25) is 0 Å². The molecule has 0 radical (unpaired) electrons. The summed E-state index contributed by atoms with van der Waals surface area (Å²) < 4.78 is 16.1. The lowest BCUT2D eigenvalue weighted by Gasteiger charge is -2.11. The smallest absolute Gasteiger partial charge is 0.383 e. The molecule has 0 aliphatic carbocycles. The normalized spacial score (nSPS) is 10.1. The summed E-state index contributed by atoms with van der Waals surface area (Å²) in [5, 5.41) is 0.683. The van der Waals surface area contributed by atoms with Crippen LogP contribution < -0.4 is 15.1 Å². The number of ether oxygens (including phenoxy) is 2. The minimum absolute atomic E-state index is 0.0560. The Labute approximate surface area is 110 Å². The summed E-state index contributed by atoms with van der Waals surface area (Å²) in [6.07, 6.45) is 3.15. The van der Waals surface area contributed by atoms with Crippen LogP contribution in [0.25, 0.3) is 11.0 Å². The predicted octanol–water partition coefficient (Wildman–Crippen LogP) is 2.92. The van der Waals surface area contributed by atoms with Crippen LogP contribution in [0.15, 0.2) is 58.8 Å². The van der Waals surface area contributed by atoms with Gasteiger partial charge in [-0.15, -0.1) is 0 Å². The fourth-order valence-electron chi connectivity index (χ4n) is 1.66. The Morgan fingerprint density at radius 2 is 1.68 bits per heavy atom. The fourth-order valence-corrected chi connectivity index (χ4v) is 1.66. The van der Waals surface area contributed by atoms with Crippen molar-refractivity contribution in [3.8, 4) is 11.5 Å². The Morgan fingerprint density at radius 1 is 1.05 bits per heavy atom. The molecule has 0 bridgehead atoms. The van der Waals surface area contributed by atoms with E-state index in [0.717, 1.165) is 0 Å². The van der Waals surface area contributed by atoms with Crippen LogP contribution in [0.3, 0.4) is 0 Å². The summed E-state index contributed by atoms with van der Waals surface area (Å²) in [4.78, 5) is 11.9. The van der Waals surface area contributed by atoms with Gasteiger partial charge in [-0.05, 0) is 12.1 Å². The Bertz CT molecular complexity index is 655. The van der Waals surface area contributed by atoms with Crippen LogP contribution in [0.1, 0.15) is 0 Å². The van der Waals surface area contributed by atoms with Crippen molar-refractivity contribution in [3.63, 3.8) is 0 Å². The standard InChI is InChI=1S/C15H14O4/c1-3-9-17-13-11-7-5-6-8-12(11)19-15(16)14(13)18-10-4-2/h3-8H,1-2,9-10H2. The molecule has 19 heavy (non-hydrogen) atoms. The molecule has 4 heteroatoms. The van der Waals surface area contributed by atoms with Crippen molar-refractivity contribution in [2.75, 3.05) is 13.2 Å². The molecule has 0 saturated heterocycles. The summed E-state index contributed by atoms with van der Waals surface area (Å²) in [6, 6.07) is 7.12. The Hall–Kier alpha value is -2.49. The molecule has 2 rings (SSSR count). The predicted molar refractivity (Wildman–Crippen MR) is 73.9 cm³/mol. The second-order valence-electron chi connectivity index (χ2n) is 3.74. The molecule has 98 valence electrons. The summed E-state index contributed by atoms with van der Waals surface area (Å²) >= 11 is 0. The molecule has 0 N–H and O–H groups in total. The number of hydrogen-bond donors (Lipinski definition) is 0. The average Bonchev–Trinajstić information content (AvgIpc) is 2.43. The highest BCUT2D eigenvalue weighted by molar-refractivity contribution is 5.85. The monoisotopic (exact) mass is 258 g/mol. The topological polar surface area (TPSA) is 48.7 Å². The van der Waals surface area contributed by atoms with E-state index in [1.165, 1.54) is 0 Å². The third kappa shape index (κ3) is 2.68. The van der Waals surface area contributed by atoms with Crippen molar-refractivity contribution >= 4 is 11.0 Å². The number of rotatable bonds is 6. The first-order valence-corrected chi connectivity index (χ1v) is 5.81. The van der Waals surface area contributed by atoms with Gasteiger partial charge in [0, 0.05) is 0 Å². The van der Waals surface area contributed by atoms with E-state index < -0.39 is 5.63 Å². The number of fused-ring (bicyclic) bond motifs is 1. The highest BCUT2D eigenvalue weighted by Crippen LogP contribution is 2.32. The quantitative estimate of drug-likeness (QED) is 0.590. The molecule has 0 saturated carbocycles. The van der Waals surface area contributed by atoms with E-state index in [-0.39, 0.29) is 19.0 Å². The maximum atomic E-state index is 11.9. The van der Waals surface area contributed by atoms with E-state index in [4.69, 9.17) is 13.9 Å². The molecule has 0 fully saturated rings. The van der Waals surface area contributed by atoms with Crippen molar-refractivity contribution in [1.29, 1.82) is 0 Å². The van der Waals surface area contributed by atoms with Crippen molar-refractivity contribution in [3.05, 3.63) is 60.0 Å². The first kappa shape index (κ1) is 13.0. The van der Waals surface area contributed by atoms with Crippen molar-refractivity contribution in [2.45, 2.75) is 0 Å². The lowest BCUT2D eigenvalue weighted by atomic mass is 10.2. The van der Waals surface area contributed by atoms with E-state index in [1.807, 2.05) is 6.07 Å². The summed E-state index contributed by atoms with van der Waals surface area (Å²) in [5.41, 5.74) is -0.114. The van der Waals surface area contributed by atoms with Gasteiger partial charge in [-0.2, -0.15) is 0 Å². The van der Waals surface area contributed by atoms with Crippen LogP contribution in [0.5, 0.6) is 11.5 Å².